The molecule has 164 valence electrons. The molecule has 2 aromatic heterocycles. The van der Waals surface area contributed by atoms with Crippen molar-refractivity contribution in [3.05, 3.63) is 57.5 Å². The van der Waals surface area contributed by atoms with Gasteiger partial charge < -0.3 is 9.47 Å². The van der Waals surface area contributed by atoms with Crippen LogP contribution in [0.15, 0.2) is 30.5 Å². The smallest absolute Gasteiger partial charge is 0.178 e. The van der Waals surface area contributed by atoms with Crippen LogP contribution in [0, 0.1) is 17.2 Å². The molecule has 7 nitrogen and oxygen atoms in total. The predicted octanol–water partition coefficient (Wildman–Crippen LogP) is 5.17. The second-order valence-corrected chi connectivity index (χ2v) is 9.01. The minimum Gasteiger partial charge on any atom is -0.347 e. The van der Waals surface area contributed by atoms with Crippen molar-refractivity contribution in [1.29, 1.82) is 5.26 Å². The molecule has 1 spiro atoms. The third kappa shape index (κ3) is 3.48. The number of hydrogen-bond acceptors (Lipinski definition) is 6. The zero-order valence-electron chi connectivity index (χ0n) is 17.7. The van der Waals surface area contributed by atoms with Crippen LogP contribution >= 0.6 is 23.2 Å². The van der Waals surface area contributed by atoms with E-state index in [-0.39, 0.29) is 17.7 Å². The number of rotatable bonds is 3. The molecule has 0 saturated carbocycles. The number of nitriles is 1. The van der Waals surface area contributed by atoms with Crippen molar-refractivity contribution in [2.75, 3.05) is 13.2 Å². The van der Waals surface area contributed by atoms with E-state index in [0.717, 1.165) is 11.1 Å². The fraction of sp³-hybridized carbons (Fsp3) is 0.391. The van der Waals surface area contributed by atoms with Crippen molar-refractivity contribution >= 4 is 39.9 Å². The summed E-state index contributed by atoms with van der Waals surface area (Å²) in [5.74, 6) is -0.537. The van der Waals surface area contributed by atoms with Crippen LogP contribution in [-0.2, 0) is 9.47 Å². The average Bonchev–Trinajstić information content (AvgIpc) is 3.42. The number of ether oxygens (including phenoxy) is 2. The maximum absolute atomic E-state index is 9.75. The Morgan fingerprint density at radius 1 is 1.25 bits per heavy atom. The fourth-order valence-electron chi connectivity index (χ4n) is 4.55. The van der Waals surface area contributed by atoms with Crippen LogP contribution < -0.4 is 0 Å². The molecule has 9 heteroatoms. The fourth-order valence-corrected chi connectivity index (χ4v) is 5.11. The monoisotopic (exact) mass is 469 g/mol. The minimum absolute atomic E-state index is 0.0366. The summed E-state index contributed by atoms with van der Waals surface area (Å²) in [7, 11) is 0. The molecule has 1 aliphatic carbocycles. The highest BCUT2D eigenvalue weighted by Crippen LogP contribution is 2.42. The highest BCUT2D eigenvalue weighted by Gasteiger charge is 2.43. The van der Waals surface area contributed by atoms with E-state index in [1.807, 2.05) is 13.0 Å². The van der Waals surface area contributed by atoms with Gasteiger partial charge >= 0.3 is 0 Å². The molecule has 1 unspecified atom stereocenters. The van der Waals surface area contributed by atoms with Gasteiger partial charge in [-0.25, -0.2) is 14.6 Å². The number of hydrogen-bond donors (Lipinski definition) is 0. The van der Waals surface area contributed by atoms with Gasteiger partial charge in [-0.2, -0.15) is 10.4 Å². The summed E-state index contributed by atoms with van der Waals surface area (Å²) in [4.78, 5) is 9.42. The Morgan fingerprint density at radius 2 is 2.03 bits per heavy atom. The van der Waals surface area contributed by atoms with Crippen molar-refractivity contribution in [1.82, 2.24) is 19.7 Å². The molecule has 0 amide bonds. The Bertz CT molecular complexity index is 1270. The standard InChI is InChI=1S/C23H21Cl2N5O2/c1-13-9-15(5-6-23(13)31-7-8-32-23)21-19(11-26)28-20-12-27-30(22(20)29-21)14(2)17-4-3-16(24)10-18(17)25/h3-4,9-10,12-14H,5-8H2,1-2H3/t13?,14-/m1/s1. The van der Waals surface area contributed by atoms with E-state index in [4.69, 9.17) is 37.7 Å². The maximum atomic E-state index is 9.75. The normalized spacial score (nSPS) is 21.0. The van der Waals surface area contributed by atoms with Gasteiger partial charge in [0, 0.05) is 22.4 Å². The van der Waals surface area contributed by atoms with Gasteiger partial charge in [0.2, 0.25) is 0 Å². The highest BCUT2D eigenvalue weighted by atomic mass is 35.5. The third-order valence-corrected chi connectivity index (χ3v) is 6.84. The summed E-state index contributed by atoms with van der Waals surface area (Å²) in [5.41, 5.74) is 3.87. The van der Waals surface area contributed by atoms with Crippen molar-refractivity contribution in [3.63, 3.8) is 0 Å². The summed E-state index contributed by atoms with van der Waals surface area (Å²) in [6, 6.07) is 7.39. The number of benzene rings is 1. The molecular weight excluding hydrogens is 449 g/mol. The lowest BCUT2D eigenvalue weighted by Gasteiger charge is -2.36. The largest absolute Gasteiger partial charge is 0.347 e. The van der Waals surface area contributed by atoms with Crippen LogP contribution in [0.5, 0.6) is 0 Å². The van der Waals surface area contributed by atoms with Crippen LogP contribution in [0.25, 0.3) is 16.7 Å². The molecule has 1 saturated heterocycles. The zero-order valence-corrected chi connectivity index (χ0v) is 19.2. The first-order valence-electron chi connectivity index (χ1n) is 10.5. The summed E-state index contributed by atoms with van der Waals surface area (Å²) < 4.78 is 13.6. The first-order chi connectivity index (χ1) is 15.4. The third-order valence-electron chi connectivity index (χ3n) is 6.28. The Hall–Kier alpha value is -2.50. The van der Waals surface area contributed by atoms with Crippen molar-refractivity contribution < 1.29 is 9.47 Å². The lowest BCUT2D eigenvalue weighted by Crippen LogP contribution is -2.39. The van der Waals surface area contributed by atoms with E-state index in [1.54, 1.807) is 23.0 Å². The Kier molecular flexibility index (Phi) is 5.42. The number of allylic oxidation sites excluding steroid dienone is 1. The summed E-state index contributed by atoms with van der Waals surface area (Å²) >= 11 is 12.5. The van der Waals surface area contributed by atoms with Gasteiger partial charge in [-0.3, -0.25) is 0 Å². The molecule has 0 bridgehead atoms. The van der Waals surface area contributed by atoms with Crippen LogP contribution in [0.2, 0.25) is 10.0 Å². The van der Waals surface area contributed by atoms with E-state index in [0.29, 0.717) is 53.0 Å². The molecule has 3 heterocycles. The van der Waals surface area contributed by atoms with Crippen LogP contribution in [0.1, 0.15) is 49.7 Å². The molecule has 0 radical (unpaired) electrons. The second-order valence-electron chi connectivity index (χ2n) is 8.16. The van der Waals surface area contributed by atoms with Crippen LogP contribution in [-0.4, -0.2) is 38.7 Å². The molecule has 2 aliphatic rings. The first kappa shape index (κ1) is 21.4. The predicted molar refractivity (Wildman–Crippen MR) is 121 cm³/mol. The molecule has 3 aromatic rings. The van der Waals surface area contributed by atoms with Crippen molar-refractivity contribution in [3.8, 4) is 6.07 Å². The van der Waals surface area contributed by atoms with E-state index < -0.39 is 5.79 Å². The van der Waals surface area contributed by atoms with Gasteiger partial charge in [0.05, 0.1) is 25.5 Å². The molecule has 1 aromatic carbocycles. The molecular formula is C23H21Cl2N5O2. The maximum Gasteiger partial charge on any atom is 0.178 e. The second kappa shape index (κ2) is 8.13. The molecule has 5 rings (SSSR count). The number of aromatic nitrogens is 4. The van der Waals surface area contributed by atoms with Crippen molar-refractivity contribution in [2.45, 2.75) is 38.5 Å². The summed E-state index contributed by atoms with van der Waals surface area (Å²) in [6.45, 7) is 5.26. The van der Waals surface area contributed by atoms with E-state index >= 15 is 0 Å². The minimum atomic E-state index is -0.574. The first-order valence-corrected chi connectivity index (χ1v) is 11.3. The molecule has 1 fully saturated rings. The molecule has 0 N–H and O–H groups in total. The van der Waals surface area contributed by atoms with Gasteiger partial charge in [-0.15, -0.1) is 0 Å². The van der Waals surface area contributed by atoms with Crippen molar-refractivity contribution in [2.24, 2.45) is 5.92 Å². The Labute approximate surface area is 195 Å². The molecule has 32 heavy (non-hydrogen) atoms. The van der Waals surface area contributed by atoms with Gasteiger partial charge in [0.15, 0.2) is 17.1 Å². The van der Waals surface area contributed by atoms with E-state index in [2.05, 4.69) is 29.2 Å². The lowest BCUT2D eigenvalue weighted by atomic mass is 9.84. The van der Waals surface area contributed by atoms with Gasteiger partial charge in [-0.05, 0) is 36.6 Å². The zero-order chi connectivity index (χ0) is 22.5. The SMILES string of the molecule is CC1C=C(c2nc3c(cnn3[C@H](C)c3ccc(Cl)cc3Cl)nc2C#N)CCC12OCCO2. The number of nitrogens with zero attached hydrogens (tertiary/aromatic N) is 5. The molecule has 1 aliphatic heterocycles. The van der Waals surface area contributed by atoms with Crippen LogP contribution in [0.3, 0.4) is 0 Å². The average molecular weight is 470 g/mol. The summed E-state index contributed by atoms with van der Waals surface area (Å²) in [6.07, 6.45) is 5.11. The van der Waals surface area contributed by atoms with Gasteiger partial charge in [-0.1, -0.05) is 42.3 Å². The quantitative estimate of drug-likeness (QED) is 0.525. The van der Waals surface area contributed by atoms with Crippen LogP contribution in [0.4, 0.5) is 0 Å². The Morgan fingerprint density at radius 3 is 2.72 bits per heavy atom. The van der Waals surface area contributed by atoms with Gasteiger partial charge in [0.1, 0.15) is 17.3 Å². The van der Waals surface area contributed by atoms with E-state index in [1.165, 1.54) is 0 Å². The Balaban J connectivity index is 1.58. The highest BCUT2D eigenvalue weighted by molar-refractivity contribution is 6.35. The van der Waals surface area contributed by atoms with Gasteiger partial charge in [0.25, 0.3) is 0 Å². The number of fused-ring (bicyclic) bond motifs is 1. The number of halogens is 2. The topological polar surface area (TPSA) is 85.9 Å². The summed E-state index contributed by atoms with van der Waals surface area (Å²) in [5, 5.41) is 15.4. The van der Waals surface area contributed by atoms with E-state index in [9.17, 15) is 5.26 Å². The lowest BCUT2D eigenvalue weighted by molar-refractivity contribution is -0.186. The molecule has 2 atom stereocenters.